The first-order chi connectivity index (χ1) is 26.9. The van der Waals surface area contributed by atoms with Crippen molar-refractivity contribution in [1.82, 2.24) is 31.9 Å². The summed E-state index contributed by atoms with van der Waals surface area (Å²) in [6, 6.07) is -3.11. The molecule has 0 bridgehead atoms. The van der Waals surface area contributed by atoms with E-state index >= 15 is 0 Å². The molecule has 0 saturated heterocycles. The molecule has 0 saturated carbocycles. The van der Waals surface area contributed by atoms with Gasteiger partial charge < -0.3 is 58.1 Å². The number of nitrogens with two attached hydrogens (primary N) is 1. The largest absolute Gasteiger partial charge is 0.508 e. The van der Waals surface area contributed by atoms with Gasteiger partial charge in [-0.1, -0.05) is 53.7 Å². The molecule has 20 nitrogen and oxygen atoms in total. The second-order valence-electron chi connectivity index (χ2n) is 15.2. The third-order valence-electron chi connectivity index (χ3n) is 8.86. The van der Waals surface area contributed by atoms with Crippen LogP contribution in [0, 0.1) is 17.8 Å². The van der Waals surface area contributed by atoms with Crippen LogP contribution in [0.4, 0.5) is 0 Å². The maximum absolute atomic E-state index is 13.7. The van der Waals surface area contributed by atoms with E-state index in [2.05, 4.69) is 31.9 Å². The highest BCUT2D eigenvalue weighted by atomic mass is 16.4. The topological polar surface area (TPSA) is 333 Å². The number of aliphatic carboxylic acids is 3. The zero-order valence-corrected chi connectivity index (χ0v) is 33.9. The summed E-state index contributed by atoms with van der Waals surface area (Å²) in [5.41, 5.74) is 6.78. The predicted molar refractivity (Wildman–Crippen MR) is 208 cm³/mol. The highest BCUT2D eigenvalue weighted by molar-refractivity contribution is 5.97. The molecular weight excluding hydrogens is 762 g/mol. The average molecular weight is 822 g/mol. The zero-order valence-electron chi connectivity index (χ0n) is 33.9. The van der Waals surface area contributed by atoms with Gasteiger partial charge in [0.05, 0.1) is 6.04 Å². The minimum absolute atomic E-state index is 0.0384. The Bertz CT molecular complexity index is 1620. The van der Waals surface area contributed by atoms with Crippen LogP contribution in [-0.2, 0) is 49.6 Å². The number of aromatic hydroxyl groups is 1. The first-order valence-corrected chi connectivity index (χ1v) is 18.9. The summed E-state index contributed by atoms with van der Waals surface area (Å²) >= 11 is 0. The lowest BCUT2D eigenvalue weighted by atomic mass is 9.98. The Morgan fingerprint density at radius 3 is 1.45 bits per heavy atom. The lowest BCUT2D eigenvalue weighted by molar-refractivity contribution is -0.143. The molecule has 0 unspecified atom stereocenters. The molecule has 0 aliphatic rings. The van der Waals surface area contributed by atoms with Crippen LogP contribution in [-0.4, -0.2) is 116 Å². The smallest absolute Gasteiger partial charge is 0.326 e. The Morgan fingerprint density at radius 2 is 0.983 bits per heavy atom. The first kappa shape index (κ1) is 50.2. The fourth-order valence-electron chi connectivity index (χ4n) is 5.53. The van der Waals surface area contributed by atoms with Gasteiger partial charge in [-0.3, -0.25) is 38.4 Å². The number of rotatable bonds is 25. The molecule has 7 atom stereocenters. The lowest BCUT2D eigenvalue weighted by Crippen LogP contribution is -2.61. The molecular formula is C38H59N7O13. The number of hydrogen-bond donors (Lipinski definition) is 11. The maximum atomic E-state index is 13.7. The van der Waals surface area contributed by atoms with E-state index < -0.39 is 133 Å². The molecule has 58 heavy (non-hydrogen) atoms. The number of carbonyl (C=O) groups is 9. The van der Waals surface area contributed by atoms with Crippen LogP contribution >= 0.6 is 0 Å². The van der Waals surface area contributed by atoms with Gasteiger partial charge in [-0.05, 0) is 68.1 Å². The molecule has 12 N–H and O–H groups in total. The van der Waals surface area contributed by atoms with Crippen molar-refractivity contribution in [2.75, 3.05) is 0 Å². The number of phenolic OH excluding ortho intramolecular Hbond substituents is 1. The number of carboxylic acid groups (broad SMARTS) is 3. The number of benzene rings is 1. The van der Waals surface area contributed by atoms with E-state index in [0.717, 1.165) is 0 Å². The summed E-state index contributed by atoms with van der Waals surface area (Å²) in [5.74, 6) is -10.3. The van der Waals surface area contributed by atoms with E-state index in [-0.39, 0.29) is 24.5 Å². The standard InChI is InChI=1S/C38H59N7O13/c1-18(2)16-27(43-37(56)31(20(5)6)44-33(52)24(39)17-22-8-10-23(46)11-9-22)35(54)41-25(12-14-28(47)48)34(53)45-30(19(3)4)36(55)40-21(7)32(51)42-26(38(57)58)13-15-29(49)50/h8-11,18-21,24-27,30-31,46H,12-17,39H2,1-7H3,(H,40,55)(H,41,54)(H,42,51)(H,43,56)(H,44,52)(H,45,53)(H,47,48)(H,49,50)(H,57,58)/t21-,24-,25-,26-,27-,30-,31-/m0/s1. The average Bonchev–Trinajstić information content (AvgIpc) is 3.12. The van der Waals surface area contributed by atoms with Crippen molar-refractivity contribution in [2.24, 2.45) is 23.5 Å². The number of carboxylic acids is 3. The number of carbonyl (C=O) groups excluding carboxylic acids is 6. The Labute approximate surface area is 336 Å². The summed E-state index contributed by atoms with van der Waals surface area (Å²) < 4.78 is 0. The van der Waals surface area contributed by atoms with Gasteiger partial charge in [0.25, 0.3) is 0 Å². The molecule has 0 radical (unpaired) electrons. The van der Waals surface area contributed by atoms with Crippen LogP contribution in [0.25, 0.3) is 0 Å². The Balaban J connectivity index is 3.17. The Hall–Kier alpha value is -5.79. The van der Waals surface area contributed by atoms with Gasteiger partial charge in [0.2, 0.25) is 35.4 Å². The summed E-state index contributed by atoms with van der Waals surface area (Å²) in [6.07, 6.45) is -1.78. The molecule has 0 spiro atoms. The fourth-order valence-corrected chi connectivity index (χ4v) is 5.53. The second kappa shape index (κ2) is 24.1. The lowest BCUT2D eigenvalue weighted by Gasteiger charge is -2.29. The van der Waals surface area contributed by atoms with Gasteiger partial charge in [0.15, 0.2) is 0 Å². The van der Waals surface area contributed by atoms with Gasteiger partial charge in [-0.15, -0.1) is 0 Å². The quantitative estimate of drug-likeness (QED) is 0.0585. The van der Waals surface area contributed by atoms with Gasteiger partial charge in [-0.2, -0.15) is 0 Å². The summed E-state index contributed by atoms with van der Waals surface area (Å²) in [5, 5.41) is 51.9. The maximum Gasteiger partial charge on any atom is 0.326 e. The van der Waals surface area contributed by atoms with Gasteiger partial charge >= 0.3 is 17.9 Å². The first-order valence-electron chi connectivity index (χ1n) is 18.9. The highest BCUT2D eigenvalue weighted by Gasteiger charge is 2.35. The van der Waals surface area contributed by atoms with Gasteiger partial charge in [0.1, 0.15) is 42.0 Å². The zero-order chi connectivity index (χ0) is 44.4. The molecule has 1 aromatic rings. The molecule has 1 aromatic carbocycles. The Morgan fingerprint density at radius 1 is 0.552 bits per heavy atom. The molecule has 0 aliphatic carbocycles. The van der Waals surface area contributed by atoms with Crippen LogP contribution < -0.4 is 37.6 Å². The molecule has 0 aromatic heterocycles. The minimum Gasteiger partial charge on any atom is -0.508 e. The summed E-state index contributed by atoms with van der Waals surface area (Å²) in [7, 11) is 0. The van der Waals surface area contributed by atoms with Crippen molar-refractivity contribution in [2.45, 2.75) is 129 Å². The molecule has 6 amide bonds. The Kier molecular flexibility index (Phi) is 20.9. The number of nitrogens with one attached hydrogen (secondary N) is 6. The van der Waals surface area contributed by atoms with E-state index in [1.165, 1.54) is 19.1 Å². The third kappa shape index (κ3) is 18.0. The molecule has 20 heteroatoms. The van der Waals surface area contributed by atoms with Crippen molar-refractivity contribution >= 4 is 53.4 Å². The van der Waals surface area contributed by atoms with Crippen LogP contribution in [0.5, 0.6) is 5.75 Å². The van der Waals surface area contributed by atoms with Crippen LogP contribution in [0.1, 0.15) is 86.1 Å². The molecule has 0 heterocycles. The molecule has 0 fully saturated rings. The van der Waals surface area contributed by atoms with E-state index in [1.54, 1.807) is 53.7 Å². The number of phenols is 1. The predicted octanol–water partition coefficient (Wildman–Crippen LogP) is -0.637. The van der Waals surface area contributed by atoms with Crippen LogP contribution in [0.15, 0.2) is 24.3 Å². The van der Waals surface area contributed by atoms with Crippen molar-refractivity contribution in [3.8, 4) is 5.75 Å². The monoisotopic (exact) mass is 821 g/mol. The molecule has 1 rings (SSSR count). The molecule has 324 valence electrons. The highest BCUT2D eigenvalue weighted by Crippen LogP contribution is 2.13. The summed E-state index contributed by atoms with van der Waals surface area (Å²) in [6.45, 7) is 11.2. The van der Waals surface area contributed by atoms with Crippen molar-refractivity contribution in [1.29, 1.82) is 0 Å². The van der Waals surface area contributed by atoms with E-state index in [4.69, 9.17) is 10.8 Å². The normalized spacial score (nSPS) is 14.8. The van der Waals surface area contributed by atoms with Gasteiger partial charge in [-0.25, -0.2) is 4.79 Å². The number of amides is 6. The fraction of sp³-hybridized carbons (Fsp3) is 0.605. The minimum atomic E-state index is -1.55. The third-order valence-corrected chi connectivity index (χ3v) is 8.86. The van der Waals surface area contributed by atoms with E-state index in [1.807, 2.05) is 0 Å². The number of hydrogen-bond acceptors (Lipinski definition) is 11. The second-order valence-corrected chi connectivity index (χ2v) is 15.2. The molecule has 0 aliphatic heterocycles. The van der Waals surface area contributed by atoms with Gasteiger partial charge in [0, 0.05) is 12.8 Å². The van der Waals surface area contributed by atoms with Crippen LogP contribution in [0.3, 0.4) is 0 Å². The SMILES string of the molecule is CC(C)C[C@H](NC(=O)[C@@H](NC(=O)[C@@H](N)Cc1ccc(O)cc1)C(C)C)C(=O)N[C@@H](CCC(=O)O)C(=O)N[C@H](C(=O)N[C@@H](C)C(=O)N[C@@H](CCC(=O)O)C(=O)O)C(C)C. The summed E-state index contributed by atoms with van der Waals surface area (Å²) in [4.78, 5) is 114. The van der Waals surface area contributed by atoms with Crippen molar-refractivity contribution in [3.05, 3.63) is 29.8 Å². The van der Waals surface area contributed by atoms with E-state index in [9.17, 15) is 58.5 Å². The van der Waals surface area contributed by atoms with E-state index in [0.29, 0.717) is 5.56 Å². The van der Waals surface area contributed by atoms with Crippen molar-refractivity contribution in [3.63, 3.8) is 0 Å². The van der Waals surface area contributed by atoms with Crippen LogP contribution in [0.2, 0.25) is 0 Å². The van der Waals surface area contributed by atoms with Crippen molar-refractivity contribution < 1.29 is 63.6 Å².